The van der Waals surface area contributed by atoms with E-state index in [0.29, 0.717) is 11.3 Å². The Bertz CT molecular complexity index is 681. The third-order valence-electron chi connectivity index (χ3n) is 2.34. The van der Waals surface area contributed by atoms with Crippen molar-refractivity contribution in [3.8, 4) is 17.6 Å². The van der Waals surface area contributed by atoms with E-state index in [-0.39, 0.29) is 5.69 Å². The summed E-state index contributed by atoms with van der Waals surface area (Å²) in [6.07, 6.45) is 0. The number of ether oxygens (including phenoxy) is 1. The molecule has 0 radical (unpaired) electrons. The lowest BCUT2D eigenvalue weighted by Gasteiger charge is -1.97. The number of hydrogen-bond acceptors (Lipinski definition) is 4. The number of non-ortho nitro benzene ring substituents is 1. The number of nitro benzene ring substituents is 1. The molecule has 2 aromatic carbocycles. The maximum Gasteiger partial charge on any atom is 0.390 e. The Morgan fingerprint density at radius 1 is 1.05 bits per heavy atom. The average molecular weight is 267 g/mol. The molecule has 98 valence electrons. The molecule has 0 unspecified atom stereocenters. The maximum atomic E-state index is 11.5. The van der Waals surface area contributed by atoms with Crippen molar-refractivity contribution in [2.45, 2.75) is 0 Å². The fraction of sp³-hybridized carbons (Fsp3) is 0. The second kappa shape index (κ2) is 6.16. The van der Waals surface area contributed by atoms with Crippen molar-refractivity contribution < 1.29 is 14.5 Å². The van der Waals surface area contributed by atoms with E-state index >= 15 is 0 Å². The quantitative estimate of drug-likeness (QED) is 0.276. The molecule has 0 aromatic heterocycles. The van der Waals surface area contributed by atoms with E-state index in [1.807, 2.05) is 0 Å². The van der Waals surface area contributed by atoms with Crippen LogP contribution >= 0.6 is 0 Å². The largest absolute Gasteiger partial charge is 0.417 e. The zero-order valence-corrected chi connectivity index (χ0v) is 10.3. The third kappa shape index (κ3) is 3.68. The topological polar surface area (TPSA) is 69.4 Å². The highest BCUT2D eigenvalue weighted by Gasteiger charge is 2.03. The molecule has 0 amide bonds. The van der Waals surface area contributed by atoms with Gasteiger partial charge in [0, 0.05) is 23.6 Å². The predicted molar refractivity (Wildman–Crippen MR) is 72.1 cm³/mol. The van der Waals surface area contributed by atoms with Crippen LogP contribution in [0.15, 0.2) is 54.6 Å². The molecule has 0 aliphatic carbocycles. The summed E-state index contributed by atoms with van der Waals surface area (Å²) < 4.78 is 4.98. The number of carbonyl (C=O) groups is 1. The Kier molecular flexibility index (Phi) is 4.10. The van der Waals surface area contributed by atoms with Crippen LogP contribution in [0.1, 0.15) is 5.56 Å². The van der Waals surface area contributed by atoms with Gasteiger partial charge in [-0.25, -0.2) is 4.79 Å². The first-order valence-electron chi connectivity index (χ1n) is 5.68. The molecule has 0 aliphatic heterocycles. The van der Waals surface area contributed by atoms with Crippen molar-refractivity contribution in [3.05, 3.63) is 70.3 Å². The first-order chi connectivity index (χ1) is 9.65. The minimum Gasteiger partial charge on any atom is -0.417 e. The van der Waals surface area contributed by atoms with Gasteiger partial charge in [0.1, 0.15) is 5.75 Å². The Labute approximate surface area is 115 Å². The molecule has 0 saturated heterocycles. The van der Waals surface area contributed by atoms with E-state index in [0.717, 1.165) is 0 Å². The van der Waals surface area contributed by atoms with Gasteiger partial charge in [0.25, 0.3) is 5.69 Å². The number of esters is 1. The van der Waals surface area contributed by atoms with Gasteiger partial charge in [0.05, 0.1) is 4.92 Å². The number of para-hydroxylation sites is 1. The summed E-state index contributed by atoms with van der Waals surface area (Å²) >= 11 is 0. The number of carbonyl (C=O) groups excluding carboxylic acids is 1. The van der Waals surface area contributed by atoms with Crippen LogP contribution in [0, 0.1) is 22.0 Å². The van der Waals surface area contributed by atoms with Gasteiger partial charge in [-0.2, -0.15) is 0 Å². The third-order valence-corrected chi connectivity index (χ3v) is 2.34. The fourth-order valence-electron chi connectivity index (χ4n) is 1.41. The van der Waals surface area contributed by atoms with E-state index in [9.17, 15) is 14.9 Å². The SMILES string of the molecule is O=C(C#Cc1ccc([N+](=O)[O-])cc1)Oc1ccccc1. The standard InChI is InChI=1S/C15H9NO4/c17-15(20-14-4-2-1-3-5-14)11-8-12-6-9-13(10-7-12)16(18)19/h1-7,9-10H. The lowest BCUT2D eigenvalue weighted by atomic mass is 10.2. The smallest absolute Gasteiger partial charge is 0.390 e. The van der Waals surface area contributed by atoms with Gasteiger partial charge in [-0.05, 0) is 24.3 Å². The molecule has 0 bridgehead atoms. The number of benzene rings is 2. The first kappa shape index (κ1) is 13.3. The lowest BCUT2D eigenvalue weighted by Crippen LogP contribution is -2.04. The first-order valence-corrected chi connectivity index (χ1v) is 5.68. The number of hydrogen-bond donors (Lipinski definition) is 0. The van der Waals surface area contributed by atoms with Crippen molar-refractivity contribution in [3.63, 3.8) is 0 Å². The summed E-state index contributed by atoms with van der Waals surface area (Å²) in [5, 5.41) is 10.5. The van der Waals surface area contributed by atoms with Crippen LogP contribution in [0.2, 0.25) is 0 Å². The Morgan fingerprint density at radius 3 is 2.30 bits per heavy atom. The Balaban J connectivity index is 2.03. The van der Waals surface area contributed by atoms with E-state index in [2.05, 4.69) is 11.8 Å². The molecular formula is C15H9NO4. The van der Waals surface area contributed by atoms with Crippen LogP contribution in [-0.2, 0) is 4.79 Å². The number of rotatable bonds is 2. The van der Waals surface area contributed by atoms with Gasteiger partial charge in [-0.3, -0.25) is 10.1 Å². The molecule has 0 heterocycles. The summed E-state index contributed by atoms with van der Waals surface area (Å²) in [7, 11) is 0. The molecule has 0 saturated carbocycles. The molecule has 0 spiro atoms. The van der Waals surface area contributed by atoms with Crippen molar-refractivity contribution in [2.24, 2.45) is 0 Å². The molecule has 2 rings (SSSR count). The van der Waals surface area contributed by atoms with E-state index < -0.39 is 10.9 Å². The van der Waals surface area contributed by atoms with Crippen LogP contribution in [0.3, 0.4) is 0 Å². The van der Waals surface area contributed by atoms with Crippen molar-refractivity contribution in [2.75, 3.05) is 0 Å². The Morgan fingerprint density at radius 2 is 1.70 bits per heavy atom. The molecule has 0 fully saturated rings. The summed E-state index contributed by atoms with van der Waals surface area (Å²) in [6.45, 7) is 0. The van der Waals surface area contributed by atoms with Crippen LogP contribution in [0.4, 0.5) is 5.69 Å². The molecular weight excluding hydrogens is 258 g/mol. The molecule has 20 heavy (non-hydrogen) atoms. The van der Waals surface area contributed by atoms with Gasteiger partial charge in [-0.1, -0.05) is 24.1 Å². The molecule has 2 aromatic rings. The summed E-state index contributed by atoms with van der Waals surface area (Å²) in [5.41, 5.74) is 0.475. The molecule has 0 atom stereocenters. The van der Waals surface area contributed by atoms with Gasteiger partial charge in [-0.15, -0.1) is 0 Å². The van der Waals surface area contributed by atoms with Crippen molar-refractivity contribution in [1.82, 2.24) is 0 Å². The van der Waals surface area contributed by atoms with Crippen LogP contribution in [0.25, 0.3) is 0 Å². The highest BCUT2D eigenvalue weighted by molar-refractivity contribution is 5.90. The second-order valence-electron chi connectivity index (χ2n) is 3.76. The van der Waals surface area contributed by atoms with Crippen LogP contribution in [0.5, 0.6) is 5.75 Å². The lowest BCUT2D eigenvalue weighted by molar-refractivity contribution is -0.384. The zero-order chi connectivity index (χ0) is 14.4. The summed E-state index contributed by atoms with van der Waals surface area (Å²) in [6, 6.07) is 14.2. The predicted octanol–water partition coefficient (Wildman–Crippen LogP) is 2.55. The highest BCUT2D eigenvalue weighted by Crippen LogP contribution is 2.11. The second-order valence-corrected chi connectivity index (χ2v) is 3.76. The maximum absolute atomic E-state index is 11.5. The minimum absolute atomic E-state index is 0.0255. The Hall–Kier alpha value is -3.13. The van der Waals surface area contributed by atoms with Crippen LogP contribution in [-0.4, -0.2) is 10.9 Å². The number of nitrogens with zero attached hydrogens (tertiary/aromatic N) is 1. The average Bonchev–Trinajstić information content (AvgIpc) is 2.46. The van der Waals surface area contributed by atoms with Gasteiger partial charge in [0.2, 0.25) is 0 Å². The van der Waals surface area contributed by atoms with Crippen LogP contribution < -0.4 is 4.74 Å². The zero-order valence-electron chi connectivity index (χ0n) is 10.3. The van der Waals surface area contributed by atoms with E-state index in [1.165, 1.54) is 24.3 Å². The van der Waals surface area contributed by atoms with Gasteiger partial charge < -0.3 is 4.74 Å². The molecule has 5 nitrogen and oxygen atoms in total. The van der Waals surface area contributed by atoms with Gasteiger partial charge in [0.15, 0.2) is 0 Å². The molecule has 5 heteroatoms. The van der Waals surface area contributed by atoms with Crippen molar-refractivity contribution >= 4 is 11.7 Å². The monoisotopic (exact) mass is 267 g/mol. The van der Waals surface area contributed by atoms with Gasteiger partial charge >= 0.3 is 5.97 Å². The normalized spacial score (nSPS) is 9.20. The summed E-state index contributed by atoms with van der Waals surface area (Å²) in [5.74, 6) is 4.63. The van der Waals surface area contributed by atoms with E-state index in [4.69, 9.17) is 4.74 Å². The fourth-order valence-corrected chi connectivity index (χ4v) is 1.41. The summed E-state index contributed by atoms with van der Waals surface area (Å²) in [4.78, 5) is 21.4. The minimum atomic E-state index is -0.686. The molecule has 0 N–H and O–H groups in total. The molecule has 0 aliphatic rings. The number of nitro groups is 1. The van der Waals surface area contributed by atoms with E-state index in [1.54, 1.807) is 30.3 Å². The highest BCUT2D eigenvalue weighted by atomic mass is 16.6. The van der Waals surface area contributed by atoms with Crippen molar-refractivity contribution in [1.29, 1.82) is 0 Å².